The first-order chi connectivity index (χ1) is 24.7. The highest BCUT2D eigenvalue weighted by atomic mass is 15.0. The van der Waals surface area contributed by atoms with Gasteiger partial charge in [0.05, 0.1) is 57.6 Å². The highest BCUT2D eigenvalue weighted by Gasteiger charge is 2.18. The Bertz CT molecular complexity index is 2920. The van der Waals surface area contributed by atoms with Gasteiger partial charge in [0.25, 0.3) is 0 Å². The van der Waals surface area contributed by atoms with Crippen LogP contribution < -0.4 is 0 Å². The topological polar surface area (TPSA) is 61.8 Å². The lowest BCUT2D eigenvalue weighted by Gasteiger charge is -2.16. The Balaban J connectivity index is 1.22. The summed E-state index contributed by atoms with van der Waals surface area (Å²) in [6, 6.07) is 55.5. The fraction of sp³-hybridized carbons (Fsp3) is 0. The van der Waals surface area contributed by atoms with Gasteiger partial charge in [0.1, 0.15) is 0 Å². The summed E-state index contributed by atoms with van der Waals surface area (Å²) >= 11 is 0. The minimum absolute atomic E-state index is 0.518. The Kier molecular flexibility index (Phi) is 6.56. The van der Waals surface area contributed by atoms with Crippen molar-refractivity contribution in [1.82, 2.24) is 9.13 Å². The Hall–Kier alpha value is -7.39. The van der Waals surface area contributed by atoms with Gasteiger partial charge in [0, 0.05) is 27.4 Å². The van der Waals surface area contributed by atoms with Gasteiger partial charge in [-0.3, -0.25) is 0 Å². The summed E-state index contributed by atoms with van der Waals surface area (Å²) in [7, 11) is 0. The first kappa shape index (κ1) is 28.8. The number of nitriles is 2. The SMILES string of the molecule is [C-]#[N+]c1ccc2c(c1)c1ccccc1n2-c1ccccc1-c1ccc(-c2cc(C#N)cc(-n3c4ccccc4c4ccccc43)c2)c(C#N)c1. The Morgan fingerprint density at radius 2 is 1.10 bits per heavy atom. The van der Waals surface area contributed by atoms with E-state index in [-0.39, 0.29) is 0 Å². The van der Waals surface area contributed by atoms with E-state index in [1.165, 1.54) is 0 Å². The van der Waals surface area contributed by atoms with E-state index in [9.17, 15) is 10.5 Å². The summed E-state index contributed by atoms with van der Waals surface area (Å²) in [6.45, 7) is 7.57. The molecule has 0 amide bonds. The molecule has 0 saturated heterocycles. The lowest BCUT2D eigenvalue weighted by Crippen LogP contribution is -1.98. The Labute approximate surface area is 288 Å². The van der Waals surface area contributed by atoms with Gasteiger partial charge < -0.3 is 9.13 Å². The summed E-state index contributed by atoms with van der Waals surface area (Å²) in [5.74, 6) is 0. The van der Waals surface area contributed by atoms with Gasteiger partial charge >= 0.3 is 0 Å². The molecule has 0 atom stereocenters. The molecule has 0 aliphatic carbocycles. The van der Waals surface area contributed by atoms with E-state index < -0.39 is 0 Å². The van der Waals surface area contributed by atoms with Gasteiger partial charge in [0.2, 0.25) is 0 Å². The largest absolute Gasteiger partial charge is 0.309 e. The molecule has 5 nitrogen and oxygen atoms in total. The molecule has 0 spiro atoms. The van der Waals surface area contributed by atoms with Crippen molar-refractivity contribution in [3.63, 3.8) is 0 Å². The van der Waals surface area contributed by atoms with E-state index in [1.54, 1.807) is 0 Å². The van der Waals surface area contributed by atoms with Crippen LogP contribution in [0.2, 0.25) is 0 Å². The van der Waals surface area contributed by atoms with Crippen LogP contribution in [-0.4, -0.2) is 9.13 Å². The zero-order valence-electron chi connectivity index (χ0n) is 26.7. The molecular formula is C45H25N5. The monoisotopic (exact) mass is 635 g/mol. The standard InChI is InChI=1S/C45H25N5/c1-48-33-19-21-45-40(26-33)39-13-5-9-17-44(39)50(45)41-14-6-2-10-36(41)30-18-20-35(32(24-30)28-47)31-22-29(27-46)23-34(25-31)49-42-15-7-3-11-37(42)38-12-4-8-16-43(38)49/h2-26H. The maximum absolute atomic E-state index is 10.5. The molecule has 50 heavy (non-hydrogen) atoms. The second kappa shape index (κ2) is 11.4. The van der Waals surface area contributed by atoms with E-state index in [2.05, 4.69) is 86.8 Å². The molecular weight excluding hydrogens is 611 g/mol. The number of benzene rings is 7. The first-order valence-corrected chi connectivity index (χ1v) is 16.3. The number of nitrogens with zero attached hydrogens (tertiary/aromatic N) is 5. The molecule has 0 unspecified atom stereocenters. The molecule has 2 heterocycles. The lowest BCUT2D eigenvalue weighted by molar-refractivity contribution is 1.18. The van der Waals surface area contributed by atoms with Crippen molar-refractivity contribution in [2.24, 2.45) is 0 Å². The third kappa shape index (κ3) is 4.38. The number of hydrogen-bond donors (Lipinski definition) is 0. The highest BCUT2D eigenvalue weighted by molar-refractivity contribution is 6.11. The van der Waals surface area contributed by atoms with Gasteiger partial charge in [-0.05, 0) is 82.7 Å². The number of fused-ring (bicyclic) bond motifs is 6. The van der Waals surface area contributed by atoms with E-state index >= 15 is 0 Å². The van der Waals surface area contributed by atoms with Crippen LogP contribution in [0.15, 0.2) is 152 Å². The fourth-order valence-corrected chi connectivity index (χ4v) is 7.42. The van der Waals surface area contributed by atoms with Crippen LogP contribution in [0.4, 0.5) is 5.69 Å². The summed E-state index contributed by atoms with van der Waals surface area (Å²) < 4.78 is 4.43. The fourth-order valence-electron chi connectivity index (χ4n) is 7.42. The van der Waals surface area contributed by atoms with Crippen LogP contribution in [0.5, 0.6) is 0 Å². The summed E-state index contributed by atoms with van der Waals surface area (Å²) in [4.78, 5) is 3.68. The van der Waals surface area contributed by atoms with Crippen LogP contribution in [0.3, 0.4) is 0 Å². The van der Waals surface area contributed by atoms with Crippen molar-refractivity contribution in [3.8, 4) is 45.8 Å². The molecule has 0 bridgehead atoms. The maximum Gasteiger partial charge on any atom is 0.188 e. The Morgan fingerprint density at radius 3 is 1.78 bits per heavy atom. The minimum Gasteiger partial charge on any atom is -0.309 e. The normalized spacial score (nSPS) is 11.1. The molecule has 230 valence electrons. The number of hydrogen-bond acceptors (Lipinski definition) is 2. The van der Waals surface area contributed by atoms with E-state index in [0.29, 0.717) is 16.8 Å². The molecule has 0 N–H and O–H groups in total. The highest BCUT2D eigenvalue weighted by Crippen LogP contribution is 2.39. The summed E-state index contributed by atoms with van der Waals surface area (Å²) in [5, 5.41) is 25.1. The first-order valence-electron chi connectivity index (χ1n) is 16.3. The molecule has 9 aromatic rings. The second-order valence-corrected chi connectivity index (χ2v) is 12.3. The van der Waals surface area contributed by atoms with Crippen molar-refractivity contribution < 1.29 is 0 Å². The van der Waals surface area contributed by atoms with Gasteiger partial charge in [0.15, 0.2) is 5.69 Å². The smallest absolute Gasteiger partial charge is 0.188 e. The molecule has 9 rings (SSSR count). The van der Waals surface area contributed by atoms with Crippen LogP contribution in [0.25, 0.3) is 82.1 Å². The zero-order chi connectivity index (χ0) is 33.8. The second-order valence-electron chi connectivity index (χ2n) is 12.3. The average molecular weight is 636 g/mol. The number of aromatic nitrogens is 2. The van der Waals surface area contributed by atoms with Crippen LogP contribution in [-0.2, 0) is 0 Å². The average Bonchev–Trinajstić information content (AvgIpc) is 3.70. The van der Waals surface area contributed by atoms with E-state index in [4.69, 9.17) is 6.57 Å². The molecule has 0 aliphatic rings. The van der Waals surface area contributed by atoms with Crippen LogP contribution >= 0.6 is 0 Å². The van der Waals surface area contributed by atoms with Gasteiger partial charge in [-0.2, -0.15) is 10.5 Å². The summed E-state index contributed by atoms with van der Waals surface area (Å²) in [6.07, 6.45) is 0. The lowest BCUT2D eigenvalue weighted by atomic mass is 9.93. The number of rotatable bonds is 4. The van der Waals surface area contributed by atoms with Crippen LogP contribution in [0, 0.1) is 29.2 Å². The minimum atomic E-state index is 0.518. The number of para-hydroxylation sites is 4. The van der Waals surface area contributed by atoms with Crippen molar-refractivity contribution in [2.75, 3.05) is 0 Å². The molecule has 0 saturated carbocycles. The zero-order valence-corrected chi connectivity index (χ0v) is 26.7. The van der Waals surface area contributed by atoms with Crippen molar-refractivity contribution in [1.29, 1.82) is 10.5 Å². The van der Waals surface area contributed by atoms with Gasteiger partial charge in [-0.25, -0.2) is 4.85 Å². The Morgan fingerprint density at radius 1 is 0.480 bits per heavy atom. The molecule has 5 heteroatoms. The predicted octanol–water partition coefficient (Wildman–Crippen LogP) is 11.5. The molecule has 0 radical (unpaired) electrons. The van der Waals surface area contributed by atoms with E-state index in [0.717, 1.165) is 77.2 Å². The molecule has 0 aliphatic heterocycles. The third-order valence-corrected chi connectivity index (χ3v) is 9.58. The third-order valence-electron chi connectivity index (χ3n) is 9.58. The maximum atomic E-state index is 10.5. The molecule has 0 fully saturated rings. The van der Waals surface area contributed by atoms with Crippen molar-refractivity contribution >= 4 is 49.3 Å². The van der Waals surface area contributed by atoms with Crippen molar-refractivity contribution in [3.05, 3.63) is 174 Å². The van der Waals surface area contributed by atoms with Crippen molar-refractivity contribution in [2.45, 2.75) is 0 Å². The quantitative estimate of drug-likeness (QED) is 0.181. The predicted molar refractivity (Wildman–Crippen MR) is 202 cm³/mol. The van der Waals surface area contributed by atoms with Gasteiger partial charge in [-0.15, -0.1) is 0 Å². The summed E-state index contributed by atoms with van der Waals surface area (Å²) in [5.41, 5.74) is 11.1. The molecule has 2 aromatic heterocycles. The van der Waals surface area contributed by atoms with Gasteiger partial charge in [-0.1, -0.05) is 91.0 Å². The van der Waals surface area contributed by atoms with Crippen LogP contribution in [0.1, 0.15) is 11.1 Å². The molecule has 7 aromatic carbocycles. The van der Waals surface area contributed by atoms with E-state index in [1.807, 2.05) is 91.0 Å².